The molecule has 25 heavy (non-hydrogen) atoms. The van der Waals surface area contributed by atoms with E-state index in [0.717, 1.165) is 5.51 Å². The second-order valence-corrected chi connectivity index (χ2v) is 5.78. The van der Waals surface area contributed by atoms with Crippen molar-refractivity contribution in [1.82, 2.24) is 4.98 Å². The Bertz CT molecular complexity index is 862. The summed E-state index contributed by atoms with van der Waals surface area (Å²) in [5, 5.41) is 2.42. The highest BCUT2D eigenvalue weighted by molar-refractivity contribution is 7.12. The number of carbonyl (C=O) groups is 1. The highest BCUT2D eigenvalue weighted by Crippen LogP contribution is 2.33. The zero-order valence-electron chi connectivity index (χ0n) is 12.6. The summed E-state index contributed by atoms with van der Waals surface area (Å²) in [5.74, 6) is 0.336. The molecule has 0 radical (unpaired) electrons. The van der Waals surface area contributed by atoms with Crippen LogP contribution in [0.3, 0.4) is 0 Å². The van der Waals surface area contributed by atoms with Gasteiger partial charge in [-0.15, -0.1) is 11.3 Å². The summed E-state index contributed by atoms with van der Waals surface area (Å²) >= 11 is 0.641. The average molecular weight is 364 g/mol. The summed E-state index contributed by atoms with van der Waals surface area (Å²) in [5.41, 5.74) is 0.167. The first-order valence-electron chi connectivity index (χ1n) is 7.08. The molecular formula is C17H11F3N2O2S. The van der Waals surface area contributed by atoms with E-state index in [4.69, 9.17) is 4.74 Å². The van der Waals surface area contributed by atoms with Gasteiger partial charge in [0.1, 0.15) is 16.4 Å². The number of halogens is 3. The Hall–Kier alpha value is -2.87. The van der Waals surface area contributed by atoms with E-state index in [-0.39, 0.29) is 0 Å². The maximum atomic E-state index is 12.8. The number of nitrogens with zero attached hydrogens (tertiary/aromatic N) is 1. The minimum Gasteiger partial charge on any atom is -0.457 e. The van der Waals surface area contributed by atoms with Crippen molar-refractivity contribution in [1.29, 1.82) is 0 Å². The maximum absolute atomic E-state index is 12.8. The summed E-state index contributed by atoms with van der Waals surface area (Å²) in [6.45, 7) is 0. The van der Waals surface area contributed by atoms with E-state index in [1.54, 1.807) is 36.4 Å². The summed E-state index contributed by atoms with van der Waals surface area (Å²) in [6.07, 6.45) is -4.67. The van der Waals surface area contributed by atoms with Crippen molar-refractivity contribution in [3.05, 3.63) is 70.7 Å². The minimum atomic E-state index is -4.67. The first-order chi connectivity index (χ1) is 11.9. The first-order valence-corrected chi connectivity index (χ1v) is 7.96. The van der Waals surface area contributed by atoms with Gasteiger partial charge in [0.05, 0.1) is 5.51 Å². The lowest BCUT2D eigenvalue weighted by Gasteiger charge is -2.09. The molecule has 128 valence electrons. The van der Waals surface area contributed by atoms with Gasteiger partial charge < -0.3 is 10.1 Å². The fourth-order valence-electron chi connectivity index (χ4n) is 2.03. The van der Waals surface area contributed by atoms with Crippen molar-refractivity contribution in [2.75, 3.05) is 5.32 Å². The van der Waals surface area contributed by atoms with Crippen LogP contribution in [0.2, 0.25) is 0 Å². The number of carbonyl (C=O) groups excluding carboxylic acids is 1. The standard InChI is InChI=1S/C17H11F3N2O2S/c18-17(19,20)15-14(25-10-21-15)16(23)22-11-6-8-13(9-7-11)24-12-4-2-1-3-5-12/h1-10H,(H,22,23). The number of nitrogens with one attached hydrogen (secondary N) is 1. The number of ether oxygens (including phenoxy) is 1. The first kappa shape index (κ1) is 17.0. The Balaban J connectivity index is 1.70. The van der Waals surface area contributed by atoms with Crippen molar-refractivity contribution in [2.24, 2.45) is 0 Å². The van der Waals surface area contributed by atoms with Gasteiger partial charge in [-0.2, -0.15) is 13.2 Å². The molecule has 0 aliphatic carbocycles. The molecule has 4 nitrogen and oxygen atoms in total. The maximum Gasteiger partial charge on any atom is 0.434 e. The predicted octanol–water partition coefficient (Wildman–Crippen LogP) is 5.21. The van der Waals surface area contributed by atoms with Crippen molar-refractivity contribution in [3.8, 4) is 11.5 Å². The van der Waals surface area contributed by atoms with Gasteiger partial charge in [-0.3, -0.25) is 4.79 Å². The van der Waals surface area contributed by atoms with Crippen LogP contribution in [-0.4, -0.2) is 10.9 Å². The number of anilines is 1. The lowest BCUT2D eigenvalue weighted by molar-refractivity contribution is -0.141. The van der Waals surface area contributed by atoms with Crippen LogP contribution in [0, 0.1) is 0 Å². The Morgan fingerprint density at radius 2 is 1.64 bits per heavy atom. The highest BCUT2D eigenvalue weighted by Gasteiger charge is 2.38. The van der Waals surface area contributed by atoms with Gasteiger partial charge in [-0.05, 0) is 36.4 Å². The van der Waals surface area contributed by atoms with Crippen LogP contribution in [-0.2, 0) is 6.18 Å². The normalized spacial score (nSPS) is 11.2. The molecule has 2 aromatic carbocycles. The van der Waals surface area contributed by atoms with Crippen molar-refractivity contribution >= 4 is 22.9 Å². The van der Waals surface area contributed by atoms with E-state index in [2.05, 4.69) is 10.3 Å². The fraction of sp³-hybridized carbons (Fsp3) is 0.0588. The van der Waals surface area contributed by atoms with E-state index < -0.39 is 22.7 Å². The van der Waals surface area contributed by atoms with Crippen LogP contribution < -0.4 is 10.1 Å². The van der Waals surface area contributed by atoms with Gasteiger partial charge in [0.25, 0.3) is 5.91 Å². The molecule has 0 saturated carbocycles. The fourth-order valence-corrected chi connectivity index (χ4v) is 2.73. The van der Waals surface area contributed by atoms with Crippen molar-refractivity contribution in [3.63, 3.8) is 0 Å². The van der Waals surface area contributed by atoms with E-state index in [0.29, 0.717) is 28.5 Å². The smallest absolute Gasteiger partial charge is 0.434 e. The van der Waals surface area contributed by atoms with Gasteiger partial charge in [0.2, 0.25) is 0 Å². The van der Waals surface area contributed by atoms with Gasteiger partial charge in [0.15, 0.2) is 5.69 Å². The van der Waals surface area contributed by atoms with Crippen LogP contribution in [0.25, 0.3) is 0 Å². The van der Waals surface area contributed by atoms with Crippen LogP contribution in [0.4, 0.5) is 18.9 Å². The summed E-state index contributed by atoms with van der Waals surface area (Å²) < 4.78 is 44.0. The Kier molecular flexibility index (Phi) is 4.71. The second kappa shape index (κ2) is 6.94. The number of para-hydroxylation sites is 1. The number of alkyl halides is 3. The van der Waals surface area contributed by atoms with Crippen LogP contribution in [0.1, 0.15) is 15.4 Å². The topological polar surface area (TPSA) is 51.2 Å². The van der Waals surface area contributed by atoms with E-state index in [1.807, 2.05) is 18.2 Å². The van der Waals surface area contributed by atoms with E-state index in [9.17, 15) is 18.0 Å². The monoisotopic (exact) mass is 364 g/mol. The molecule has 0 fully saturated rings. The molecular weight excluding hydrogens is 353 g/mol. The molecule has 1 heterocycles. The quantitative estimate of drug-likeness (QED) is 0.692. The van der Waals surface area contributed by atoms with Crippen molar-refractivity contribution < 1.29 is 22.7 Å². The molecule has 0 aliphatic heterocycles. The van der Waals surface area contributed by atoms with Gasteiger partial charge in [-0.25, -0.2) is 4.98 Å². The molecule has 0 spiro atoms. The molecule has 0 bridgehead atoms. The molecule has 1 N–H and O–H groups in total. The number of benzene rings is 2. The van der Waals surface area contributed by atoms with E-state index >= 15 is 0 Å². The second-order valence-electron chi connectivity index (χ2n) is 4.92. The number of amides is 1. The third-order valence-electron chi connectivity index (χ3n) is 3.13. The lowest BCUT2D eigenvalue weighted by atomic mass is 10.2. The molecule has 3 aromatic rings. The largest absolute Gasteiger partial charge is 0.457 e. The molecule has 0 unspecified atom stereocenters. The zero-order valence-corrected chi connectivity index (χ0v) is 13.4. The number of thiazole rings is 1. The summed E-state index contributed by atoms with van der Waals surface area (Å²) in [7, 11) is 0. The number of rotatable bonds is 4. The zero-order chi connectivity index (χ0) is 17.9. The Labute approximate surface area is 144 Å². The summed E-state index contributed by atoms with van der Waals surface area (Å²) in [4.78, 5) is 14.8. The van der Waals surface area contributed by atoms with E-state index in [1.165, 1.54) is 0 Å². The van der Waals surface area contributed by atoms with Gasteiger partial charge in [0, 0.05) is 5.69 Å². The molecule has 0 aliphatic rings. The molecule has 0 atom stereocenters. The average Bonchev–Trinajstić information content (AvgIpc) is 3.08. The van der Waals surface area contributed by atoms with Crippen LogP contribution in [0.5, 0.6) is 11.5 Å². The third kappa shape index (κ3) is 4.16. The molecule has 1 amide bonds. The minimum absolute atomic E-state index is 0.354. The van der Waals surface area contributed by atoms with Gasteiger partial charge >= 0.3 is 6.18 Å². The Morgan fingerprint density at radius 1 is 1.00 bits per heavy atom. The Morgan fingerprint density at radius 3 is 2.28 bits per heavy atom. The highest BCUT2D eigenvalue weighted by atomic mass is 32.1. The van der Waals surface area contributed by atoms with Crippen molar-refractivity contribution in [2.45, 2.75) is 6.18 Å². The summed E-state index contributed by atoms with van der Waals surface area (Å²) in [6, 6.07) is 15.4. The molecule has 0 saturated heterocycles. The van der Waals surface area contributed by atoms with Gasteiger partial charge in [-0.1, -0.05) is 18.2 Å². The van der Waals surface area contributed by atoms with Crippen LogP contribution in [0.15, 0.2) is 60.1 Å². The lowest BCUT2D eigenvalue weighted by Crippen LogP contribution is -2.17. The number of hydrogen-bond acceptors (Lipinski definition) is 4. The number of aromatic nitrogens is 1. The predicted molar refractivity (Wildman–Crippen MR) is 88.0 cm³/mol. The molecule has 3 rings (SSSR count). The molecule has 1 aromatic heterocycles. The van der Waals surface area contributed by atoms with Crippen LogP contribution >= 0.6 is 11.3 Å². The number of hydrogen-bond donors (Lipinski definition) is 1. The molecule has 8 heteroatoms. The third-order valence-corrected chi connectivity index (χ3v) is 3.96. The SMILES string of the molecule is O=C(Nc1ccc(Oc2ccccc2)cc1)c1scnc1C(F)(F)F.